The summed E-state index contributed by atoms with van der Waals surface area (Å²) in [5.41, 5.74) is 5.60. The molecule has 0 radical (unpaired) electrons. The van der Waals surface area contributed by atoms with Gasteiger partial charge in [-0.1, -0.05) is 12.1 Å². The van der Waals surface area contributed by atoms with Gasteiger partial charge in [0, 0.05) is 5.56 Å². The number of carbonyl (C=O) groups excluding carboxylic acids is 1. The van der Waals surface area contributed by atoms with Crippen molar-refractivity contribution in [2.75, 3.05) is 0 Å². The van der Waals surface area contributed by atoms with E-state index >= 15 is 0 Å². The van der Waals surface area contributed by atoms with Crippen molar-refractivity contribution in [1.29, 1.82) is 0 Å². The van der Waals surface area contributed by atoms with Gasteiger partial charge < -0.3 is 5.73 Å². The lowest BCUT2D eigenvalue weighted by molar-refractivity contribution is 0.0949. The van der Waals surface area contributed by atoms with Crippen molar-refractivity contribution in [3.63, 3.8) is 0 Å². The van der Waals surface area contributed by atoms with Crippen LogP contribution in [0.15, 0.2) is 29.2 Å². The number of hydrogen-bond donors (Lipinski definition) is 1. The minimum Gasteiger partial charge on any atom is -0.319 e. The third kappa shape index (κ3) is 2.20. The summed E-state index contributed by atoms with van der Waals surface area (Å²) in [5.74, 6) is -0.101. The van der Waals surface area contributed by atoms with E-state index in [1.807, 2.05) is 0 Å². The predicted octanol–water partition coefficient (Wildman–Crippen LogP) is 1.54. The molecule has 1 saturated carbocycles. The Balaban J connectivity index is 2.29. The minimum atomic E-state index is -3.28. The van der Waals surface area contributed by atoms with Crippen molar-refractivity contribution in [3.05, 3.63) is 29.8 Å². The average Bonchev–Trinajstić information content (AvgIpc) is 3.07. The Bertz CT molecular complexity index is 569. The first-order chi connectivity index (χ1) is 8.27. The number of rotatable bonds is 4. The molecule has 98 valence electrons. The molecule has 5 heteroatoms. The molecule has 1 aromatic rings. The molecule has 2 rings (SSSR count). The van der Waals surface area contributed by atoms with Crippen LogP contribution in [0.3, 0.4) is 0 Å². The van der Waals surface area contributed by atoms with E-state index in [0.717, 1.165) is 0 Å². The third-order valence-corrected chi connectivity index (χ3v) is 5.48. The van der Waals surface area contributed by atoms with Gasteiger partial charge in [0.05, 0.1) is 15.7 Å². The van der Waals surface area contributed by atoms with E-state index < -0.39 is 20.6 Å². The van der Waals surface area contributed by atoms with E-state index in [4.69, 9.17) is 5.73 Å². The van der Waals surface area contributed by atoms with Gasteiger partial charge in [-0.2, -0.15) is 0 Å². The topological polar surface area (TPSA) is 77.2 Å². The molecule has 0 aromatic heterocycles. The molecular weight excluding hydrogens is 250 g/mol. The first-order valence-corrected chi connectivity index (χ1v) is 7.50. The maximum atomic E-state index is 11.9. The van der Waals surface area contributed by atoms with Crippen LogP contribution < -0.4 is 5.73 Å². The minimum absolute atomic E-state index is 0.101. The van der Waals surface area contributed by atoms with Crippen LogP contribution >= 0.6 is 0 Å². The van der Waals surface area contributed by atoms with Crippen LogP contribution in [0, 0.1) is 0 Å². The van der Waals surface area contributed by atoms with E-state index in [1.54, 1.807) is 26.0 Å². The second kappa shape index (κ2) is 4.17. The van der Waals surface area contributed by atoms with Gasteiger partial charge >= 0.3 is 0 Å². The Labute approximate surface area is 107 Å². The van der Waals surface area contributed by atoms with Crippen molar-refractivity contribution < 1.29 is 13.2 Å². The van der Waals surface area contributed by atoms with Crippen molar-refractivity contribution in [3.8, 4) is 0 Å². The van der Waals surface area contributed by atoms with Gasteiger partial charge in [-0.05, 0) is 38.8 Å². The van der Waals surface area contributed by atoms with Gasteiger partial charge in [0.25, 0.3) is 0 Å². The highest BCUT2D eigenvalue weighted by Gasteiger charge is 2.45. The number of ketones is 1. The molecule has 2 N–H and O–H groups in total. The normalized spacial score (nSPS) is 17.8. The summed E-state index contributed by atoms with van der Waals surface area (Å²) in [6, 6.07) is 6.05. The monoisotopic (exact) mass is 267 g/mol. The molecule has 0 atom stereocenters. The van der Waals surface area contributed by atoms with E-state index in [1.165, 1.54) is 12.1 Å². The summed E-state index contributed by atoms with van der Waals surface area (Å²) in [6.07, 6.45) is 1.41. The first kappa shape index (κ1) is 13.2. The fourth-order valence-corrected chi connectivity index (χ4v) is 2.78. The fraction of sp³-hybridized carbons (Fsp3) is 0.462. The lowest BCUT2D eigenvalue weighted by Crippen LogP contribution is -2.32. The van der Waals surface area contributed by atoms with Crippen molar-refractivity contribution in [2.45, 2.75) is 42.4 Å². The second-order valence-corrected chi connectivity index (χ2v) is 7.61. The smallest absolute Gasteiger partial charge is 0.182 e. The maximum Gasteiger partial charge on any atom is 0.182 e. The Hall–Kier alpha value is -1.20. The van der Waals surface area contributed by atoms with Gasteiger partial charge in [-0.3, -0.25) is 4.79 Å². The number of nitrogens with two attached hydrogens (primary N) is 1. The molecule has 0 bridgehead atoms. The third-order valence-electron chi connectivity index (χ3n) is 3.31. The lowest BCUT2D eigenvalue weighted by atomic mass is 10.0. The van der Waals surface area contributed by atoms with E-state index in [9.17, 15) is 13.2 Å². The van der Waals surface area contributed by atoms with E-state index in [2.05, 4.69) is 0 Å². The lowest BCUT2D eigenvalue weighted by Gasteiger charge is -2.10. The molecule has 0 spiro atoms. The van der Waals surface area contributed by atoms with Crippen LogP contribution in [-0.2, 0) is 9.84 Å². The van der Waals surface area contributed by atoms with Crippen LogP contribution in [-0.4, -0.2) is 25.0 Å². The average molecular weight is 267 g/mol. The van der Waals surface area contributed by atoms with Crippen molar-refractivity contribution in [2.24, 2.45) is 5.73 Å². The Morgan fingerprint density at radius 1 is 1.22 bits per heavy atom. The fourth-order valence-electron chi connectivity index (χ4n) is 1.72. The Morgan fingerprint density at radius 2 is 1.72 bits per heavy atom. The van der Waals surface area contributed by atoms with Gasteiger partial charge in [-0.25, -0.2) is 8.42 Å². The number of sulfone groups is 1. The van der Waals surface area contributed by atoms with E-state index in [0.29, 0.717) is 18.4 Å². The van der Waals surface area contributed by atoms with Crippen molar-refractivity contribution in [1.82, 2.24) is 0 Å². The molecule has 0 saturated heterocycles. The molecule has 18 heavy (non-hydrogen) atoms. The molecule has 0 heterocycles. The highest BCUT2D eigenvalue weighted by molar-refractivity contribution is 7.92. The highest BCUT2D eigenvalue weighted by Crippen LogP contribution is 2.35. The molecule has 1 aliphatic rings. The first-order valence-electron chi connectivity index (χ1n) is 5.95. The summed E-state index contributed by atoms with van der Waals surface area (Å²) in [7, 11) is -3.28. The van der Waals surface area contributed by atoms with Gasteiger partial charge in [0.15, 0.2) is 15.6 Å². The van der Waals surface area contributed by atoms with Crippen LogP contribution in [0.4, 0.5) is 0 Å². The van der Waals surface area contributed by atoms with Crippen LogP contribution in [0.5, 0.6) is 0 Å². The zero-order valence-corrected chi connectivity index (χ0v) is 11.3. The van der Waals surface area contributed by atoms with Crippen LogP contribution in [0.25, 0.3) is 0 Å². The Kier molecular flexibility index (Phi) is 3.07. The molecule has 4 nitrogen and oxygen atoms in total. The maximum absolute atomic E-state index is 11.9. The quantitative estimate of drug-likeness (QED) is 0.839. The Morgan fingerprint density at radius 3 is 2.11 bits per heavy atom. The van der Waals surface area contributed by atoms with Crippen LogP contribution in [0.2, 0.25) is 0 Å². The molecule has 0 unspecified atom stereocenters. The number of Topliss-reactive ketones (excluding diaryl/α,β-unsaturated/α-hetero) is 1. The molecule has 1 fully saturated rings. The number of carbonyl (C=O) groups is 1. The zero-order chi connectivity index (χ0) is 13.6. The largest absolute Gasteiger partial charge is 0.319 e. The summed E-state index contributed by atoms with van der Waals surface area (Å²) in [4.78, 5) is 12.2. The predicted molar refractivity (Wildman–Crippen MR) is 69.2 cm³/mol. The molecule has 0 aliphatic heterocycles. The standard InChI is InChI=1S/C13H17NO3S/c1-9(2)18(16,17)11-5-3-10(4-6-11)12(15)13(14)7-8-13/h3-6,9H,7-8,14H2,1-2H3. The number of benzene rings is 1. The van der Waals surface area contributed by atoms with Gasteiger partial charge in [0.2, 0.25) is 0 Å². The highest BCUT2D eigenvalue weighted by atomic mass is 32.2. The molecule has 1 aliphatic carbocycles. The van der Waals surface area contributed by atoms with E-state index in [-0.39, 0.29) is 10.7 Å². The summed E-state index contributed by atoms with van der Waals surface area (Å²) >= 11 is 0. The van der Waals surface area contributed by atoms with Crippen LogP contribution in [0.1, 0.15) is 37.0 Å². The molecule has 1 aromatic carbocycles. The second-order valence-electron chi connectivity index (χ2n) is 5.10. The van der Waals surface area contributed by atoms with Crippen molar-refractivity contribution >= 4 is 15.6 Å². The number of hydrogen-bond acceptors (Lipinski definition) is 4. The van der Waals surface area contributed by atoms with Gasteiger partial charge in [0.1, 0.15) is 0 Å². The summed E-state index contributed by atoms with van der Waals surface area (Å²) < 4.78 is 23.8. The summed E-state index contributed by atoms with van der Waals surface area (Å²) in [6.45, 7) is 3.26. The SMILES string of the molecule is CC(C)S(=O)(=O)c1ccc(C(=O)C2(N)CC2)cc1. The zero-order valence-electron chi connectivity index (χ0n) is 10.5. The summed E-state index contributed by atoms with van der Waals surface area (Å²) in [5, 5.41) is -0.469. The molecular formula is C13H17NO3S. The molecule has 0 amide bonds. The van der Waals surface area contributed by atoms with Gasteiger partial charge in [-0.15, -0.1) is 0 Å².